The fraction of sp³-hybridized carbons (Fsp3) is 0.357. The minimum absolute atomic E-state index is 0.428. The third-order valence-corrected chi connectivity index (χ3v) is 9.70. The SMILES string of the molecule is C[C@H]1C2CCC(CC2)[C@@H]1Cc1cc(-c2cc3ccccc3s2)nc(-c2[nH]nc3nc(Cl)ccc23)n1. The van der Waals surface area contributed by atoms with E-state index in [-0.39, 0.29) is 0 Å². The van der Waals surface area contributed by atoms with Crippen LogP contribution < -0.4 is 0 Å². The van der Waals surface area contributed by atoms with Crippen molar-refractivity contribution < 1.29 is 0 Å². The molecular weight excluding hydrogens is 474 g/mol. The molecule has 8 rings (SSSR count). The maximum Gasteiger partial charge on any atom is 0.183 e. The fourth-order valence-electron chi connectivity index (χ4n) is 6.47. The summed E-state index contributed by atoms with van der Waals surface area (Å²) in [7, 11) is 0. The van der Waals surface area contributed by atoms with Crippen LogP contribution in [0.2, 0.25) is 5.15 Å². The lowest BCUT2D eigenvalue weighted by molar-refractivity contribution is 0.0339. The van der Waals surface area contributed by atoms with Gasteiger partial charge in [0, 0.05) is 10.4 Å². The van der Waals surface area contributed by atoms with Gasteiger partial charge in [0.25, 0.3) is 0 Å². The zero-order valence-electron chi connectivity index (χ0n) is 19.5. The highest BCUT2D eigenvalue weighted by molar-refractivity contribution is 7.22. The van der Waals surface area contributed by atoms with Crippen LogP contribution in [0.1, 0.15) is 38.3 Å². The van der Waals surface area contributed by atoms with Gasteiger partial charge in [-0.2, -0.15) is 5.10 Å². The van der Waals surface area contributed by atoms with Crippen molar-refractivity contribution in [2.75, 3.05) is 0 Å². The highest BCUT2D eigenvalue weighted by Crippen LogP contribution is 2.49. The van der Waals surface area contributed by atoms with Gasteiger partial charge in [0.1, 0.15) is 10.8 Å². The molecule has 3 saturated carbocycles. The maximum absolute atomic E-state index is 6.10. The standard InChI is InChI=1S/C28H26ClN5S/c1-15-16-6-8-17(9-7-16)21(15)13-19-14-22(24-12-18-4-2-3-5-23(18)35-24)31-28(30-19)26-20-10-11-25(29)32-27(20)34-33-26/h2-5,10-12,14-17,21H,6-9,13H2,1H3,(H,32,33,34)/t15-,16?,17?,21+/m0/s1. The molecule has 2 atom stereocenters. The minimum Gasteiger partial charge on any atom is -0.272 e. The van der Waals surface area contributed by atoms with Crippen LogP contribution in [-0.4, -0.2) is 25.1 Å². The average molecular weight is 500 g/mol. The second kappa shape index (κ2) is 8.38. The zero-order chi connectivity index (χ0) is 23.5. The van der Waals surface area contributed by atoms with Crippen LogP contribution in [0.15, 0.2) is 48.5 Å². The van der Waals surface area contributed by atoms with Gasteiger partial charge < -0.3 is 0 Å². The number of hydrogen-bond acceptors (Lipinski definition) is 5. The number of hydrogen-bond donors (Lipinski definition) is 1. The summed E-state index contributed by atoms with van der Waals surface area (Å²) in [5.41, 5.74) is 3.48. The second-order valence-corrected chi connectivity index (χ2v) is 11.7. The molecular formula is C28H26ClN5S. The summed E-state index contributed by atoms with van der Waals surface area (Å²) >= 11 is 7.88. The molecule has 5 aromatic rings. The molecule has 4 aromatic heterocycles. The molecule has 7 heteroatoms. The van der Waals surface area contributed by atoms with Crippen molar-refractivity contribution >= 4 is 44.1 Å². The molecule has 4 heterocycles. The zero-order valence-corrected chi connectivity index (χ0v) is 21.1. The predicted molar refractivity (Wildman–Crippen MR) is 143 cm³/mol. The molecule has 1 N–H and O–H groups in total. The quantitative estimate of drug-likeness (QED) is 0.259. The molecule has 0 spiro atoms. The average Bonchev–Trinajstić information content (AvgIpc) is 3.50. The summed E-state index contributed by atoms with van der Waals surface area (Å²) in [6, 6.07) is 16.7. The lowest BCUT2D eigenvalue weighted by Crippen LogP contribution is -2.39. The Kier molecular flexibility index (Phi) is 5.14. The topological polar surface area (TPSA) is 67.3 Å². The first kappa shape index (κ1) is 21.5. The highest BCUT2D eigenvalue weighted by atomic mass is 35.5. The van der Waals surface area contributed by atoms with Gasteiger partial charge in [0.15, 0.2) is 11.5 Å². The molecule has 35 heavy (non-hydrogen) atoms. The number of nitrogens with one attached hydrogen (secondary N) is 1. The van der Waals surface area contributed by atoms with E-state index in [0.29, 0.717) is 22.5 Å². The number of nitrogens with zero attached hydrogens (tertiary/aromatic N) is 4. The Morgan fingerprint density at radius 1 is 0.971 bits per heavy atom. The van der Waals surface area contributed by atoms with E-state index >= 15 is 0 Å². The molecule has 3 aliphatic carbocycles. The molecule has 3 fully saturated rings. The Bertz CT molecular complexity index is 1510. The van der Waals surface area contributed by atoms with E-state index in [4.69, 9.17) is 21.6 Å². The van der Waals surface area contributed by atoms with Crippen LogP contribution in [0.25, 0.3) is 43.2 Å². The smallest absolute Gasteiger partial charge is 0.183 e. The van der Waals surface area contributed by atoms with Crippen LogP contribution in [0, 0.1) is 23.7 Å². The Balaban J connectivity index is 1.35. The first-order valence-electron chi connectivity index (χ1n) is 12.5. The van der Waals surface area contributed by atoms with Crippen molar-refractivity contribution in [3.63, 3.8) is 0 Å². The molecule has 3 aliphatic rings. The largest absolute Gasteiger partial charge is 0.272 e. The predicted octanol–water partition coefficient (Wildman–Crippen LogP) is 7.56. The van der Waals surface area contributed by atoms with E-state index < -0.39 is 0 Å². The molecule has 1 aromatic carbocycles. The first-order chi connectivity index (χ1) is 17.1. The lowest BCUT2D eigenvalue weighted by atomic mass is 9.58. The van der Waals surface area contributed by atoms with Gasteiger partial charge in [-0.3, -0.25) is 5.10 Å². The van der Waals surface area contributed by atoms with E-state index in [1.807, 2.05) is 6.07 Å². The van der Waals surface area contributed by atoms with Crippen molar-refractivity contribution in [3.05, 3.63) is 59.4 Å². The number of benzene rings is 1. The van der Waals surface area contributed by atoms with E-state index in [0.717, 1.165) is 46.6 Å². The summed E-state index contributed by atoms with van der Waals surface area (Å²) in [5.74, 6) is 3.82. The number of aromatic amines is 1. The van der Waals surface area contributed by atoms with Crippen molar-refractivity contribution in [2.24, 2.45) is 23.7 Å². The summed E-state index contributed by atoms with van der Waals surface area (Å²) in [6.07, 6.45) is 6.56. The van der Waals surface area contributed by atoms with E-state index in [2.05, 4.69) is 58.5 Å². The van der Waals surface area contributed by atoms with Gasteiger partial charge in [-0.15, -0.1) is 11.3 Å². The van der Waals surface area contributed by atoms with E-state index in [9.17, 15) is 0 Å². The van der Waals surface area contributed by atoms with Crippen LogP contribution in [0.3, 0.4) is 0 Å². The molecule has 0 amide bonds. The fourth-order valence-corrected chi connectivity index (χ4v) is 7.63. The number of fused-ring (bicyclic) bond motifs is 5. The van der Waals surface area contributed by atoms with E-state index in [1.165, 1.54) is 40.6 Å². The maximum atomic E-state index is 6.10. The monoisotopic (exact) mass is 499 g/mol. The van der Waals surface area contributed by atoms with Crippen molar-refractivity contribution in [3.8, 4) is 22.1 Å². The number of aromatic nitrogens is 5. The molecule has 0 saturated heterocycles. The second-order valence-electron chi connectivity index (χ2n) is 10.2. The van der Waals surface area contributed by atoms with Crippen molar-refractivity contribution in [1.29, 1.82) is 0 Å². The van der Waals surface area contributed by atoms with Gasteiger partial charge in [0.2, 0.25) is 0 Å². The molecule has 0 aliphatic heterocycles. The van der Waals surface area contributed by atoms with Crippen LogP contribution in [0.4, 0.5) is 0 Å². The molecule has 5 nitrogen and oxygen atoms in total. The molecule has 176 valence electrons. The van der Waals surface area contributed by atoms with Gasteiger partial charge >= 0.3 is 0 Å². The van der Waals surface area contributed by atoms with E-state index in [1.54, 1.807) is 17.4 Å². The minimum atomic E-state index is 0.428. The number of thiophene rings is 1. The Hall–Kier alpha value is -2.83. The number of halogens is 1. The number of H-pyrrole nitrogens is 1. The molecule has 0 unspecified atom stereocenters. The van der Waals surface area contributed by atoms with Crippen LogP contribution in [-0.2, 0) is 6.42 Å². The normalized spacial score (nSPS) is 23.9. The summed E-state index contributed by atoms with van der Waals surface area (Å²) < 4.78 is 1.27. The van der Waals surface area contributed by atoms with Gasteiger partial charge in [-0.1, -0.05) is 36.7 Å². The summed E-state index contributed by atoms with van der Waals surface area (Å²) in [5, 5.41) is 10.1. The lowest BCUT2D eigenvalue weighted by Gasteiger charge is -2.47. The Morgan fingerprint density at radius 2 is 1.80 bits per heavy atom. The Labute approximate surface area is 213 Å². The first-order valence-corrected chi connectivity index (χ1v) is 13.7. The van der Waals surface area contributed by atoms with Crippen molar-refractivity contribution in [1.82, 2.24) is 25.1 Å². The molecule has 2 bridgehead atoms. The highest BCUT2D eigenvalue weighted by Gasteiger charge is 2.41. The van der Waals surface area contributed by atoms with Gasteiger partial charge in [-0.25, -0.2) is 15.0 Å². The third kappa shape index (κ3) is 3.74. The third-order valence-electron chi connectivity index (χ3n) is 8.35. The van der Waals surface area contributed by atoms with Crippen LogP contribution in [0.5, 0.6) is 0 Å². The van der Waals surface area contributed by atoms with Crippen molar-refractivity contribution in [2.45, 2.75) is 39.0 Å². The molecule has 0 radical (unpaired) electrons. The van der Waals surface area contributed by atoms with Gasteiger partial charge in [0.05, 0.1) is 16.0 Å². The van der Waals surface area contributed by atoms with Crippen LogP contribution >= 0.6 is 22.9 Å². The number of pyridine rings is 1. The summed E-state index contributed by atoms with van der Waals surface area (Å²) in [6.45, 7) is 2.47. The number of rotatable bonds is 4. The van der Waals surface area contributed by atoms with Gasteiger partial charge in [-0.05, 0) is 91.5 Å². The Morgan fingerprint density at radius 3 is 2.63 bits per heavy atom. The summed E-state index contributed by atoms with van der Waals surface area (Å²) in [4.78, 5) is 15.7.